The molecular weight excluding hydrogens is 512 g/mol. The summed E-state index contributed by atoms with van der Waals surface area (Å²) in [4.78, 5) is 28.0. The average molecular weight is 541 g/mol. The lowest BCUT2D eigenvalue weighted by atomic mass is 10.0. The molecule has 0 aromatic carbocycles. The fourth-order valence-corrected chi connectivity index (χ4v) is 6.36. The third-order valence-electron chi connectivity index (χ3n) is 6.02. The van der Waals surface area contributed by atoms with Crippen LogP contribution in [0.25, 0.3) is 0 Å². The average Bonchev–Trinajstić information content (AvgIpc) is 3.46. The van der Waals surface area contributed by atoms with Crippen LogP contribution in [0.2, 0.25) is 0 Å². The highest BCUT2D eigenvalue weighted by molar-refractivity contribution is 7.89. The summed E-state index contributed by atoms with van der Waals surface area (Å²) in [6, 6.07) is 9.43. The second-order valence-corrected chi connectivity index (χ2v) is 11.5. The predicted octanol–water partition coefficient (Wildman–Crippen LogP) is 1.93. The van der Waals surface area contributed by atoms with E-state index >= 15 is 0 Å². The molecule has 1 amide bonds. The summed E-state index contributed by atoms with van der Waals surface area (Å²) in [5.74, 6) is 5.64. The minimum atomic E-state index is -3.71. The first-order valence-electron chi connectivity index (χ1n) is 11.9. The van der Waals surface area contributed by atoms with E-state index in [2.05, 4.69) is 26.8 Å². The van der Waals surface area contributed by atoms with Crippen molar-refractivity contribution < 1.29 is 18.4 Å². The van der Waals surface area contributed by atoms with Crippen LogP contribution >= 0.6 is 11.3 Å². The molecule has 0 aliphatic carbocycles. The Balaban J connectivity index is 1.30. The van der Waals surface area contributed by atoms with E-state index in [0.717, 1.165) is 16.3 Å². The normalized spacial score (nSPS) is 15.0. The molecule has 0 spiro atoms. The molecule has 1 saturated heterocycles. The molecular formula is C25H28N6O4S2. The van der Waals surface area contributed by atoms with Crippen LogP contribution < -0.4 is 10.4 Å². The van der Waals surface area contributed by atoms with Crippen molar-refractivity contribution in [2.75, 3.05) is 36.8 Å². The minimum Gasteiger partial charge on any atom is -0.354 e. The predicted molar refractivity (Wildman–Crippen MR) is 140 cm³/mol. The number of amides is 1. The SMILES string of the molecule is O=C(NO)C(CCCc1ncccn1)CS(=O)(=O)N1CCN(c2ccc(C#Cc3cccs3)cn2)CC1. The number of hydrogen-bond donors (Lipinski definition) is 2. The molecule has 194 valence electrons. The first-order valence-corrected chi connectivity index (χ1v) is 14.4. The Morgan fingerprint density at radius 1 is 1.08 bits per heavy atom. The van der Waals surface area contributed by atoms with Crippen LogP contribution in [0.5, 0.6) is 0 Å². The lowest BCUT2D eigenvalue weighted by Crippen LogP contribution is -2.50. The second-order valence-electron chi connectivity index (χ2n) is 8.53. The van der Waals surface area contributed by atoms with Crippen molar-refractivity contribution in [3.63, 3.8) is 0 Å². The Morgan fingerprint density at radius 2 is 1.86 bits per heavy atom. The number of carbonyl (C=O) groups is 1. The van der Waals surface area contributed by atoms with Gasteiger partial charge < -0.3 is 4.90 Å². The van der Waals surface area contributed by atoms with Crippen LogP contribution in [0.3, 0.4) is 0 Å². The largest absolute Gasteiger partial charge is 0.354 e. The van der Waals surface area contributed by atoms with Gasteiger partial charge in [-0.15, -0.1) is 11.3 Å². The van der Waals surface area contributed by atoms with Gasteiger partial charge >= 0.3 is 0 Å². The van der Waals surface area contributed by atoms with Gasteiger partial charge in [-0.3, -0.25) is 10.0 Å². The van der Waals surface area contributed by atoms with E-state index in [4.69, 9.17) is 5.21 Å². The fourth-order valence-electron chi connectivity index (χ4n) is 4.03. The van der Waals surface area contributed by atoms with E-state index in [1.807, 2.05) is 34.5 Å². The van der Waals surface area contributed by atoms with Crippen molar-refractivity contribution in [3.05, 3.63) is 70.6 Å². The number of aromatic nitrogens is 3. The third kappa shape index (κ3) is 7.56. The van der Waals surface area contributed by atoms with E-state index in [1.54, 1.807) is 41.5 Å². The van der Waals surface area contributed by atoms with Gasteiger partial charge in [-0.25, -0.2) is 28.8 Å². The topological polar surface area (TPSA) is 129 Å². The van der Waals surface area contributed by atoms with Crippen LogP contribution in [0, 0.1) is 17.8 Å². The van der Waals surface area contributed by atoms with Gasteiger partial charge in [0.25, 0.3) is 0 Å². The number of hydrogen-bond acceptors (Lipinski definition) is 9. The lowest BCUT2D eigenvalue weighted by Gasteiger charge is -2.35. The summed E-state index contributed by atoms with van der Waals surface area (Å²) in [7, 11) is -3.71. The van der Waals surface area contributed by atoms with Gasteiger partial charge in [-0.1, -0.05) is 17.9 Å². The Labute approximate surface area is 220 Å². The quantitative estimate of drug-likeness (QED) is 0.239. The number of aryl methyl sites for hydroxylation is 1. The van der Waals surface area contributed by atoms with E-state index < -0.39 is 21.8 Å². The third-order valence-corrected chi connectivity index (χ3v) is 8.78. The zero-order valence-electron chi connectivity index (χ0n) is 20.2. The fraction of sp³-hybridized carbons (Fsp3) is 0.360. The number of hydroxylamine groups is 1. The Morgan fingerprint density at radius 3 is 2.51 bits per heavy atom. The molecule has 0 bridgehead atoms. The summed E-state index contributed by atoms with van der Waals surface area (Å²) in [6.07, 6.45) is 6.31. The molecule has 10 nitrogen and oxygen atoms in total. The van der Waals surface area contributed by atoms with Crippen molar-refractivity contribution in [1.82, 2.24) is 24.7 Å². The van der Waals surface area contributed by atoms with Crippen LogP contribution in [0.4, 0.5) is 5.82 Å². The Kier molecular flexibility index (Phi) is 9.19. The molecule has 0 radical (unpaired) electrons. The summed E-state index contributed by atoms with van der Waals surface area (Å²) in [6.45, 7) is 1.54. The van der Waals surface area contributed by atoms with Crippen LogP contribution in [-0.2, 0) is 21.2 Å². The summed E-state index contributed by atoms with van der Waals surface area (Å²) in [5, 5.41) is 11.1. The molecule has 1 fully saturated rings. The van der Waals surface area contributed by atoms with Gasteiger partial charge in [0.2, 0.25) is 15.9 Å². The van der Waals surface area contributed by atoms with E-state index in [-0.39, 0.29) is 25.3 Å². The maximum atomic E-state index is 13.1. The van der Waals surface area contributed by atoms with Gasteiger partial charge in [-0.05, 0) is 42.5 Å². The van der Waals surface area contributed by atoms with Crippen molar-refractivity contribution in [3.8, 4) is 11.8 Å². The molecule has 0 saturated carbocycles. The molecule has 1 aliphatic heterocycles. The van der Waals surface area contributed by atoms with Crippen LogP contribution in [-0.4, -0.2) is 70.7 Å². The highest BCUT2D eigenvalue weighted by Crippen LogP contribution is 2.19. The summed E-state index contributed by atoms with van der Waals surface area (Å²) < 4.78 is 27.6. The second kappa shape index (κ2) is 12.7. The number of carbonyl (C=O) groups excluding carboxylic acids is 1. The zero-order valence-corrected chi connectivity index (χ0v) is 21.8. The number of anilines is 1. The summed E-state index contributed by atoms with van der Waals surface area (Å²) >= 11 is 1.58. The molecule has 3 aromatic heterocycles. The van der Waals surface area contributed by atoms with Gasteiger partial charge in [0.15, 0.2) is 0 Å². The van der Waals surface area contributed by atoms with Crippen LogP contribution in [0.15, 0.2) is 54.3 Å². The van der Waals surface area contributed by atoms with Crippen LogP contribution in [0.1, 0.15) is 29.1 Å². The first kappa shape index (κ1) is 26.7. The molecule has 1 atom stereocenters. The maximum absolute atomic E-state index is 13.1. The smallest absolute Gasteiger partial charge is 0.247 e. The van der Waals surface area contributed by atoms with Crippen molar-refractivity contribution >= 4 is 33.1 Å². The number of nitrogens with one attached hydrogen (secondary N) is 1. The number of pyridine rings is 1. The molecule has 37 heavy (non-hydrogen) atoms. The molecule has 4 rings (SSSR count). The van der Waals surface area contributed by atoms with Crippen molar-refractivity contribution in [1.29, 1.82) is 0 Å². The molecule has 2 N–H and O–H groups in total. The molecule has 12 heteroatoms. The number of nitrogens with zero attached hydrogens (tertiary/aromatic N) is 5. The monoisotopic (exact) mass is 540 g/mol. The van der Waals surface area contributed by atoms with Crippen molar-refractivity contribution in [2.24, 2.45) is 5.92 Å². The number of rotatable bonds is 9. The minimum absolute atomic E-state index is 0.287. The Hall–Kier alpha value is -3.37. The van der Waals surface area contributed by atoms with Gasteiger partial charge in [0.1, 0.15) is 11.6 Å². The van der Waals surface area contributed by atoms with E-state index in [1.165, 1.54) is 4.31 Å². The number of sulfonamides is 1. The lowest BCUT2D eigenvalue weighted by molar-refractivity contribution is -0.132. The summed E-state index contributed by atoms with van der Waals surface area (Å²) in [5.41, 5.74) is 2.42. The molecule has 3 aromatic rings. The van der Waals surface area contributed by atoms with E-state index in [0.29, 0.717) is 31.8 Å². The van der Waals surface area contributed by atoms with Gasteiger partial charge in [0.05, 0.1) is 16.5 Å². The number of thiophene rings is 1. The first-order chi connectivity index (χ1) is 17.9. The van der Waals surface area contributed by atoms with Gasteiger partial charge in [0, 0.05) is 56.8 Å². The van der Waals surface area contributed by atoms with Gasteiger partial charge in [-0.2, -0.15) is 4.31 Å². The highest BCUT2D eigenvalue weighted by Gasteiger charge is 2.32. The van der Waals surface area contributed by atoms with E-state index in [9.17, 15) is 13.2 Å². The zero-order chi connectivity index (χ0) is 26.1. The molecule has 4 heterocycles. The molecule has 1 unspecified atom stereocenters. The highest BCUT2D eigenvalue weighted by atomic mass is 32.2. The Bertz CT molecular complexity index is 1320. The number of piperazine rings is 1. The maximum Gasteiger partial charge on any atom is 0.247 e. The van der Waals surface area contributed by atoms with Crippen molar-refractivity contribution in [2.45, 2.75) is 19.3 Å². The molecule has 1 aliphatic rings. The standard InChI is InChI=1S/C25H28N6O4S2/c32-25(29-33)21(4-1-6-23-26-11-3-12-27-23)19-37(34,35)31-15-13-30(14-16-31)24-10-8-20(18-28-24)7-9-22-5-2-17-36-22/h2-3,5,8,10-12,17-18,21,33H,1,4,6,13-16,19H2,(H,29,32).